The van der Waals surface area contributed by atoms with Crippen LogP contribution in [0.2, 0.25) is 0 Å². The smallest absolute Gasteiger partial charge is 0.222 e. The zero-order valence-corrected chi connectivity index (χ0v) is 12.4. The molecule has 3 rings (SSSR count). The molecule has 1 saturated carbocycles. The number of aromatic nitrogens is 2. The molecule has 1 aromatic heterocycles. The predicted octanol–water partition coefficient (Wildman–Crippen LogP) is 3.27. The maximum Gasteiger partial charge on any atom is 0.222 e. The van der Waals surface area contributed by atoms with Crippen LogP contribution in [0.25, 0.3) is 11.0 Å². The maximum atomic E-state index is 12.1. The van der Waals surface area contributed by atoms with Crippen molar-refractivity contribution in [2.24, 2.45) is 0 Å². The van der Waals surface area contributed by atoms with E-state index in [4.69, 9.17) is 0 Å². The highest BCUT2D eigenvalue weighted by atomic mass is 16.1. The molecule has 21 heavy (non-hydrogen) atoms. The molecule has 0 atom stereocenters. The van der Waals surface area contributed by atoms with Crippen LogP contribution in [0.1, 0.15) is 44.9 Å². The third-order valence-electron chi connectivity index (χ3n) is 4.33. The summed E-state index contributed by atoms with van der Waals surface area (Å²) in [5.74, 6) is 0.166. The monoisotopic (exact) mass is 285 g/mol. The van der Waals surface area contributed by atoms with E-state index in [1.165, 1.54) is 25.7 Å². The second-order valence-electron chi connectivity index (χ2n) is 5.93. The highest BCUT2D eigenvalue weighted by molar-refractivity contribution is 5.77. The van der Waals surface area contributed by atoms with Crippen molar-refractivity contribution in [3.8, 4) is 0 Å². The molecule has 1 aliphatic rings. The third-order valence-corrected chi connectivity index (χ3v) is 4.33. The van der Waals surface area contributed by atoms with Gasteiger partial charge >= 0.3 is 0 Å². The fourth-order valence-electron chi connectivity index (χ4n) is 3.13. The van der Waals surface area contributed by atoms with Gasteiger partial charge in [0.05, 0.1) is 17.4 Å². The zero-order chi connectivity index (χ0) is 14.5. The van der Waals surface area contributed by atoms with Crippen LogP contribution in [0.15, 0.2) is 30.6 Å². The standard InChI is InChI=1S/C17H23N3O/c21-17(19-14-7-3-1-2-4-8-14)11-12-20-13-18-15-9-5-6-10-16(15)20/h5-6,9-10,13-14H,1-4,7-8,11-12H2,(H,19,21). The average Bonchev–Trinajstić information content (AvgIpc) is 2.74. The highest BCUT2D eigenvalue weighted by Gasteiger charge is 2.14. The number of carbonyl (C=O) groups is 1. The van der Waals surface area contributed by atoms with Crippen molar-refractivity contribution in [1.82, 2.24) is 14.9 Å². The molecule has 0 unspecified atom stereocenters. The number of amides is 1. The minimum Gasteiger partial charge on any atom is -0.353 e. The van der Waals surface area contributed by atoms with Crippen molar-refractivity contribution in [3.05, 3.63) is 30.6 Å². The number of carbonyl (C=O) groups excluding carboxylic acids is 1. The number of benzene rings is 1. The molecule has 1 fully saturated rings. The van der Waals surface area contributed by atoms with Gasteiger partial charge in [-0.15, -0.1) is 0 Å². The second-order valence-corrected chi connectivity index (χ2v) is 5.93. The van der Waals surface area contributed by atoms with Crippen molar-refractivity contribution < 1.29 is 4.79 Å². The van der Waals surface area contributed by atoms with Gasteiger partial charge in [0, 0.05) is 19.0 Å². The lowest BCUT2D eigenvalue weighted by Gasteiger charge is -2.16. The van der Waals surface area contributed by atoms with Crippen LogP contribution < -0.4 is 5.32 Å². The Morgan fingerprint density at radius 3 is 2.76 bits per heavy atom. The minimum atomic E-state index is 0.166. The van der Waals surface area contributed by atoms with Gasteiger partial charge in [-0.3, -0.25) is 4.79 Å². The van der Waals surface area contributed by atoms with Crippen LogP contribution in [-0.4, -0.2) is 21.5 Å². The van der Waals surface area contributed by atoms with Gasteiger partial charge in [0.2, 0.25) is 5.91 Å². The Bertz CT molecular complexity index is 597. The Kier molecular flexibility index (Phi) is 4.53. The molecule has 4 heteroatoms. The van der Waals surface area contributed by atoms with E-state index in [1.54, 1.807) is 0 Å². The van der Waals surface area contributed by atoms with Crippen LogP contribution in [0.3, 0.4) is 0 Å². The van der Waals surface area contributed by atoms with Crippen molar-refractivity contribution in [2.45, 2.75) is 57.5 Å². The number of nitrogens with zero attached hydrogens (tertiary/aromatic N) is 2. The lowest BCUT2D eigenvalue weighted by molar-refractivity contribution is -0.122. The molecule has 1 amide bonds. The highest BCUT2D eigenvalue weighted by Crippen LogP contribution is 2.17. The quantitative estimate of drug-likeness (QED) is 0.876. The van der Waals surface area contributed by atoms with Gasteiger partial charge in [-0.25, -0.2) is 4.98 Å². The van der Waals surface area contributed by atoms with Crippen molar-refractivity contribution in [2.75, 3.05) is 0 Å². The van der Waals surface area contributed by atoms with Gasteiger partial charge in [-0.1, -0.05) is 37.8 Å². The van der Waals surface area contributed by atoms with Crippen LogP contribution in [0, 0.1) is 0 Å². The van der Waals surface area contributed by atoms with E-state index in [9.17, 15) is 4.79 Å². The average molecular weight is 285 g/mol. The summed E-state index contributed by atoms with van der Waals surface area (Å²) in [7, 11) is 0. The van der Waals surface area contributed by atoms with Gasteiger partial charge < -0.3 is 9.88 Å². The Balaban J connectivity index is 1.53. The summed E-state index contributed by atoms with van der Waals surface area (Å²) in [6, 6.07) is 8.42. The molecule has 0 radical (unpaired) electrons. The normalized spacial score (nSPS) is 16.8. The van der Waals surface area contributed by atoms with Crippen LogP contribution in [-0.2, 0) is 11.3 Å². The number of para-hydroxylation sites is 2. The van der Waals surface area contributed by atoms with Gasteiger partial charge in [0.15, 0.2) is 0 Å². The Hall–Kier alpha value is -1.84. The fourth-order valence-corrected chi connectivity index (χ4v) is 3.13. The molecule has 112 valence electrons. The predicted molar refractivity (Wildman–Crippen MR) is 84.0 cm³/mol. The maximum absolute atomic E-state index is 12.1. The Morgan fingerprint density at radius 1 is 1.19 bits per heavy atom. The van der Waals surface area contributed by atoms with Crippen molar-refractivity contribution in [1.29, 1.82) is 0 Å². The molecule has 0 saturated heterocycles. The Morgan fingerprint density at radius 2 is 1.95 bits per heavy atom. The van der Waals surface area contributed by atoms with E-state index in [0.29, 0.717) is 19.0 Å². The van der Waals surface area contributed by atoms with Gasteiger partial charge in [0.1, 0.15) is 0 Å². The fraction of sp³-hybridized carbons (Fsp3) is 0.529. The first kappa shape index (κ1) is 14.1. The number of imidazole rings is 1. The van der Waals surface area contributed by atoms with Crippen LogP contribution in [0.5, 0.6) is 0 Å². The summed E-state index contributed by atoms with van der Waals surface area (Å²) in [5, 5.41) is 3.20. The molecule has 4 nitrogen and oxygen atoms in total. The number of fused-ring (bicyclic) bond motifs is 1. The van der Waals surface area contributed by atoms with Gasteiger partial charge in [0.25, 0.3) is 0 Å². The molecule has 1 heterocycles. The second kappa shape index (κ2) is 6.74. The molecule has 0 aliphatic heterocycles. The van der Waals surface area contributed by atoms with E-state index in [-0.39, 0.29) is 5.91 Å². The summed E-state index contributed by atoms with van der Waals surface area (Å²) < 4.78 is 2.06. The largest absolute Gasteiger partial charge is 0.353 e. The summed E-state index contributed by atoms with van der Waals surface area (Å²) in [6.07, 6.45) is 9.74. The topological polar surface area (TPSA) is 46.9 Å². The van der Waals surface area contributed by atoms with E-state index < -0.39 is 0 Å². The first-order chi connectivity index (χ1) is 10.3. The van der Waals surface area contributed by atoms with E-state index in [1.807, 2.05) is 30.6 Å². The summed E-state index contributed by atoms with van der Waals surface area (Å²) in [5.41, 5.74) is 2.08. The minimum absolute atomic E-state index is 0.166. The Labute approximate surface area is 125 Å². The van der Waals surface area contributed by atoms with Crippen molar-refractivity contribution >= 4 is 16.9 Å². The van der Waals surface area contributed by atoms with Crippen molar-refractivity contribution in [3.63, 3.8) is 0 Å². The molecule has 0 bridgehead atoms. The van der Waals surface area contributed by atoms with Crippen LogP contribution in [0.4, 0.5) is 0 Å². The number of nitrogens with one attached hydrogen (secondary N) is 1. The van der Waals surface area contributed by atoms with Gasteiger partial charge in [-0.2, -0.15) is 0 Å². The lowest BCUT2D eigenvalue weighted by Crippen LogP contribution is -2.34. The molecule has 1 aromatic carbocycles. The SMILES string of the molecule is O=C(CCn1cnc2ccccc21)NC1CCCCCC1. The van der Waals surface area contributed by atoms with E-state index >= 15 is 0 Å². The molecular formula is C17H23N3O. The molecular weight excluding hydrogens is 262 g/mol. The zero-order valence-electron chi connectivity index (χ0n) is 12.4. The summed E-state index contributed by atoms with van der Waals surface area (Å²) in [6.45, 7) is 0.694. The number of hydrogen-bond donors (Lipinski definition) is 1. The third kappa shape index (κ3) is 3.63. The number of aryl methyl sites for hydroxylation is 1. The number of hydrogen-bond acceptors (Lipinski definition) is 2. The molecule has 2 aromatic rings. The first-order valence-electron chi connectivity index (χ1n) is 8.02. The molecule has 1 N–H and O–H groups in total. The summed E-state index contributed by atoms with van der Waals surface area (Å²) in [4.78, 5) is 16.5. The van der Waals surface area contributed by atoms with Gasteiger partial charge in [-0.05, 0) is 25.0 Å². The lowest BCUT2D eigenvalue weighted by atomic mass is 10.1. The molecule has 0 spiro atoms. The van der Waals surface area contributed by atoms with Crippen LogP contribution >= 0.6 is 0 Å². The molecule has 1 aliphatic carbocycles. The van der Waals surface area contributed by atoms with E-state index in [2.05, 4.69) is 14.9 Å². The number of rotatable bonds is 4. The summed E-state index contributed by atoms with van der Waals surface area (Å²) >= 11 is 0. The first-order valence-corrected chi connectivity index (χ1v) is 8.02. The van der Waals surface area contributed by atoms with E-state index in [0.717, 1.165) is 23.9 Å².